The normalized spacial score (nSPS) is 21.1. The Morgan fingerprint density at radius 1 is 1.53 bits per heavy atom. The summed E-state index contributed by atoms with van der Waals surface area (Å²) in [5.74, 6) is -1.33. The molecule has 15 heavy (non-hydrogen) atoms. The van der Waals surface area contributed by atoms with E-state index in [1.54, 1.807) is 6.92 Å². The first kappa shape index (κ1) is 11.4. The summed E-state index contributed by atoms with van der Waals surface area (Å²) in [5, 5.41) is 0. The van der Waals surface area contributed by atoms with Crippen LogP contribution in [0.1, 0.15) is 19.8 Å². The molecular formula is C10H13NO4. The average molecular weight is 211 g/mol. The maximum absolute atomic E-state index is 11.5. The topological polar surface area (TPSA) is 63.7 Å². The summed E-state index contributed by atoms with van der Waals surface area (Å²) < 4.78 is 4.53. The van der Waals surface area contributed by atoms with Crippen LogP contribution in [0.25, 0.3) is 0 Å². The molecule has 1 fully saturated rings. The predicted octanol–water partition coefficient (Wildman–Crippen LogP) is 0.253. The fourth-order valence-electron chi connectivity index (χ4n) is 1.54. The van der Waals surface area contributed by atoms with E-state index >= 15 is 0 Å². The number of hydrogen-bond donors (Lipinski definition) is 0. The van der Waals surface area contributed by atoms with Crippen LogP contribution in [0.2, 0.25) is 0 Å². The fourth-order valence-corrected chi connectivity index (χ4v) is 1.54. The van der Waals surface area contributed by atoms with Gasteiger partial charge in [-0.3, -0.25) is 14.5 Å². The maximum atomic E-state index is 11.5. The van der Waals surface area contributed by atoms with E-state index in [0.717, 1.165) is 4.90 Å². The number of amides is 2. The lowest BCUT2D eigenvalue weighted by atomic mass is 10.2. The molecule has 0 aliphatic carbocycles. The van der Waals surface area contributed by atoms with Gasteiger partial charge in [-0.2, -0.15) is 0 Å². The molecule has 0 aromatic heterocycles. The van der Waals surface area contributed by atoms with Gasteiger partial charge >= 0.3 is 5.97 Å². The van der Waals surface area contributed by atoms with Crippen LogP contribution < -0.4 is 0 Å². The van der Waals surface area contributed by atoms with Gasteiger partial charge in [-0.1, -0.05) is 6.08 Å². The molecule has 0 aromatic rings. The van der Waals surface area contributed by atoms with Crippen molar-refractivity contribution in [1.82, 2.24) is 4.90 Å². The molecule has 1 saturated heterocycles. The Kier molecular flexibility index (Phi) is 3.60. The molecule has 0 spiro atoms. The second-order valence-corrected chi connectivity index (χ2v) is 3.18. The van der Waals surface area contributed by atoms with Crippen molar-refractivity contribution in [2.45, 2.75) is 25.8 Å². The van der Waals surface area contributed by atoms with Crippen LogP contribution >= 0.6 is 0 Å². The molecule has 0 radical (unpaired) electrons. The Morgan fingerprint density at radius 2 is 2.20 bits per heavy atom. The fraction of sp³-hybridized carbons (Fsp3) is 0.500. The van der Waals surface area contributed by atoms with Crippen molar-refractivity contribution in [1.29, 1.82) is 0 Å². The van der Waals surface area contributed by atoms with E-state index in [1.807, 2.05) is 0 Å². The highest BCUT2D eigenvalue weighted by Gasteiger charge is 2.39. The molecule has 1 atom stereocenters. The van der Waals surface area contributed by atoms with Gasteiger partial charge in [0.25, 0.3) is 5.91 Å². The SMILES string of the molecule is C/C=C/C(=O)N1C(=O)CC[C@H]1C(=O)OC. The van der Waals surface area contributed by atoms with E-state index in [9.17, 15) is 14.4 Å². The van der Waals surface area contributed by atoms with E-state index in [0.29, 0.717) is 6.42 Å². The van der Waals surface area contributed by atoms with Gasteiger partial charge in [0.1, 0.15) is 6.04 Å². The van der Waals surface area contributed by atoms with Gasteiger partial charge in [0.05, 0.1) is 7.11 Å². The third kappa shape index (κ3) is 2.23. The molecule has 0 unspecified atom stereocenters. The monoisotopic (exact) mass is 211 g/mol. The number of likely N-dealkylation sites (tertiary alicyclic amines) is 1. The van der Waals surface area contributed by atoms with Gasteiger partial charge in [0, 0.05) is 6.42 Å². The second kappa shape index (κ2) is 4.72. The van der Waals surface area contributed by atoms with Crippen LogP contribution in [0, 0.1) is 0 Å². The van der Waals surface area contributed by atoms with Crippen molar-refractivity contribution in [3.05, 3.63) is 12.2 Å². The summed E-state index contributed by atoms with van der Waals surface area (Å²) in [6, 6.07) is -0.758. The number of carbonyl (C=O) groups is 3. The standard InChI is InChI=1S/C10H13NO4/c1-3-4-8(12)11-7(10(14)15-2)5-6-9(11)13/h3-4,7H,5-6H2,1-2H3/b4-3+/t7-/m0/s1. The molecule has 1 rings (SSSR count). The largest absolute Gasteiger partial charge is 0.467 e. The molecule has 1 heterocycles. The minimum atomic E-state index is -0.758. The summed E-state index contributed by atoms with van der Waals surface area (Å²) in [4.78, 5) is 35.1. The zero-order valence-corrected chi connectivity index (χ0v) is 8.73. The number of esters is 1. The molecule has 0 N–H and O–H groups in total. The highest BCUT2D eigenvalue weighted by Crippen LogP contribution is 2.20. The maximum Gasteiger partial charge on any atom is 0.329 e. The van der Waals surface area contributed by atoms with E-state index in [4.69, 9.17) is 0 Å². The predicted molar refractivity (Wildman–Crippen MR) is 51.7 cm³/mol. The van der Waals surface area contributed by atoms with Gasteiger partial charge in [-0.25, -0.2) is 4.79 Å². The van der Waals surface area contributed by atoms with Gasteiger partial charge < -0.3 is 4.74 Å². The van der Waals surface area contributed by atoms with Crippen molar-refractivity contribution in [2.24, 2.45) is 0 Å². The summed E-state index contributed by atoms with van der Waals surface area (Å²) in [5.41, 5.74) is 0. The number of rotatable bonds is 2. The van der Waals surface area contributed by atoms with E-state index in [1.165, 1.54) is 19.3 Å². The molecule has 1 aliphatic rings. The van der Waals surface area contributed by atoms with Gasteiger partial charge in [0.2, 0.25) is 5.91 Å². The smallest absolute Gasteiger partial charge is 0.329 e. The number of allylic oxidation sites excluding steroid dienone is 1. The minimum Gasteiger partial charge on any atom is -0.467 e. The molecule has 0 bridgehead atoms. The molecule has 2 amide bonds. The number of nitrogens with zero attached hydrogens (tertiary/aromatic N) is 1. The number of hydrogen-bond acceptors (Lipinski definition) is 4. The molecule has 0 aromatic carbocycles. The van der Waals surface area contributed by atoms with Crippen LogP contribution in [0.15, 0.2) is 12.2 Å². The summed E-state index contributed by atoms with van der Waals surface area (Å²) in [7, 11) is 1.24. The Labute approximate surface area is 87.7 Å². The van der Waals surface area contributed by atoms with E-state index in [-0.39, 0.29) is 12.3 Å². The third-order valence-electron chi connectivity index (χ3n) is 2.23. The summed E-state index contributed by atoms with van der Waals surface area (Å²) >= 11 is 0. The Bertz CT molecular complexity index is 321. The number of carbonyl (C=O) groups excluding carboxylic acids is 3. The van der Waals surface area contributed by atoms with Crippen LogP contribution in [-0.4, -0.2) is 35.8 Å². The quantitative estimate of drug-likeness (QED) is 0.485. The Balaban J connectivity index is 2.86. The first-order valence-corrected chi connectivity index (χ1v) is 4.68. The lowest BCUT2D eigenvalue weighted by molar-refractivity contribution is -0.154. The van der Waals surface area contributed by atoms with Gasteiger partial charge in [0.15, 0.2) is 0 Å². The Hall–Kier alpha value is -1.65. The first-order chi connectivity index (χ1) is 7.11. The van der Waals surface area contributed by atoms with E-state index < -0.39 is 17.9 Å². The van der Waals surface area contributed by atoms with E-state index in [2.05, 4.69) is 4.74 Å². The minimum absolute atomic E-state index is 0.211. The second-order valence-electron chi connectivity index (χ2n) is 3.18. The molecule has 0 saturated carbocycles. The van der Waals surface area contributed by atoms with Crippen LogP contribution in [0.4, 0.5) is 0 Å². The average Bonchev–Trinajstić information content (AvgIpc) is 2.59. The van der Waals surface area contributed by atoms with Crippen molar-refractivity contribution in [2.75, 3.05) is 7.11 Å². The van der Waals surface area contributed by atoms with Crippen molar-refractivity contribution in [3.8, 4) is 0 Å². The van der Waals surface area contributed by atoms with Crippen molar-refractivity contribution in [3.63, 3.8) is 0 Å². The number of imide groups is 1. The molecule has 5 heteroatoms. The summed E-state index contributed by atoms with van der Waals surface area (Å²) in [6.07, 6.45) is 3.35. The van der Waals surface area contributed by atoms with Crippen LogP contribution in [-0.2, 0) is 19.1 Å². The lowest BCUT2D eigenvalue weighted by Gasteiger charge is -2.18. The zero-order chi connectivity index (χ0) is 11.4. The number of methoxy groups -OCH3 is 1. The number of ether oxygens (including phenoxy) is 1. The molecule has 5 nitrogen and oxygen atoms in total. The Morgan fingerprint density at radius 3 is 2.73 bits per heavy atom. The van der Waals surface area contributed by atoms with Crippen LogP contribution in [0.5, 0.6) is 0 Å². The molecular weight excluding hydrogens is 198 g/mol. The lowest BCUT2D eigenvalue weighted by Crippen LogP contribution is -2.42. The first-order valence-electron chi connectivity index (χ1n) is 4.68. The molecule has 1 aliphatic heterocycles. The van der Waals surface area contributed by atoms with Crippen molar-refractivity contribution < 1.29 is 19.1 Å². The van der Waals surface area contributed by atoms with Gasteiger partial charge in [-0.15, -0.1) is 0 Å². The van der Waals surface area contributed by atoms with Gasteiger partial charge in [-0.05, 0) is 19.4 Å². The highest BCUT2D eigenvalue weighted by molar-refractivity contribution is 6.05. The summed E-state index contributed by atoms with van der Waals surface area (Å²) in [6.45, 7) is 1.67. The highest BCUT2D eigenvalue weighted by atomic mass is 16.5. The third-order valence-corrected chi connectivity index (χ3v) is 2.23. The van der Waals surface area contributed by atoms with Crippen molar-refractivity contribution >= 4 is 17.8 Å². The molecule has 82 valence electrons. The van der Waals surface area contributed by atoms with Crippen LogP contribution in [0.3, 0.4) is 0 Å². The zero-order valence-electron chi connectivity index (χ0n) is 8.73.